The van der Waals surface area contributed by atoms with Crippen LogP contribution >= 0.6 is 0 Å². The summed E-state index contributed by atoms with van der Waals surface area (Å²) in [5.74, 6) is -0.272. The van der Waals surface area contributed by atoms with Crippen molar-refractivity contribution in [3.63, 3.8) is 0 Å². The second kappa shape index (κ2) is 5.95. The number of amides is 1. The van der Waals surface area contributed by atoms with Crippen LogP contribution in [0.3, 0.4) is 0 Å². The van der Waals surface area contributed by atoms with Gasteiger partial charge in [0.2, 0.25) is 0 Å². The highest BCUT2D eigenvalue weighted by Crippen LogP contribution is 2.36. The fourth-order valence-electron chi connectivity index (χ4n) is 0.909. The molecule has 6 heteroatoms. The van der Waals surface area contributed by atoms with Gasteiger partial charge in [-0.15, -0.1) is 0 Å². The van der Waals surface area contributed by atoms with Crippen LogP contribution in [0, 0.1) is 0 Å². The Bertz CT molecular complexity index is 264. The molecule has 0 bridgehead atoms. The number of hydroxylamine groups is 2. The van der Waals surface area contributed by atoms with E-state index in [4.69, 9.17) is 15.0 Å². The number of hydrogen-bond acceptors (Lipinski definition) is 4. The molecule has 0 aromatic heterocycles. The predicted molar refractivity (Wildman–Crippen MR) is 70.9 cm³/mol. The average Bonchev–Trinajstić information content (AvgIpc) is 2.22. The summed E-state index contributed by atoms with van der Waals surface area (Å²) in [5.41, 5.74) is 5.77. The van der Waals surface area contributed by atoms with Gasteiger partial charge in [0.25, 0.3) is 5.91 Å². The van der Waals surface area contributed by atoms with Crippen LogP contribution in [-0.4, -0.2) is 46.1 Å². The molecule has 0 aliphatic carbocycles. The van der Waals surface area contributed by atoms with Gasteiger partial charge >= 0.3 is 0 Å². The minimum Gasteiger partial charge on any atom is -0.415 e. The number of likely N-dealkylation sites (N-methyl/N-ethyl adjacent to an activating group) is 1. The summed E-state index contributed by atoms with van der Waals surface area (Å²) in [6.07, 6.45) is 0. The van der Waals surface area contributed by atoms with Crippen molar-refractivity contribution in [1.82, 2.24) is 5.06 Å². The van der Waals surface area contributed by atoms with E-state index in [1.807, 2.05) is 0 Å². The van der Waals surface area contributed by atoms with Gasteiger partial charge in [-0.2, -0.15) is 0 Å². The summed E-state index contributed by atoms with van der Waals surface area (Å²) < 4.78 is 5.88. The number of rotatable bonds is 5. The first-order valence-corrected chi connectivity index (χ1v) is 8.65. The highest BCUT2D eigenvalue weighted by atomic mass is 28.4. The van der Waals surface area contributed by atoms with Crippen molar-refractivity contribution in [2.75, 3.05) is 20.8 Å². The SMILES string of the molecule is CON(C)C(=O)[C@H](N)CO[Si](C)(C)C(C)(C)C. The van der Waals surface area contributed by atoms with Crippen molar-refractivity contribution in [3.8, 4) is 0 Å². The summed E-state index contributed by atoms with van der Waals surface area (Å²) in [7, 11) is 1.12. The predicted octanol–water partition coefficient (Wildman–Crippen LogP) is 1.36. The molecule has 1 amide bonds. The van der Waals surface area contributed by atoms with E-state index < -0.39 is 14.4 Å². The fraction of sp³-hybridized carbons (Fsp3) is 0.909. The molecular weight excluding hydrogens is 236 g/mol. The van der Waals surface area contributed by atoms with Gasteiger partial charge in [0.15, 0.2) is 8.32 Å². The third-order valence-electron chi connectivity index (χ3n) is 3.33. The van der Waals surface area contributed by atoms with E-state index in [0.717, 1.165) is 5.06 Å². The summed E-state index contributed by atoms with van der Waals surface area (Å²) in [6.45, 7) is 10.9. The van der Waals surface area contributed by atoms with Crippen molar-refractivity contribution in [2.24, 2.45) is 5.73 Å². The zero-order valence-electron chi connectivity index (χ0n) is 12.0. The molecule has 0 spiro atoms. The number of nitrogens with two attached hydrogens (primary N) is 1. The minimum absolute atomic E-state index is 0.114. The smallest absolute Gasteiger partial charge is 0.265 e. The molecule has 0 rings (SSSR count). The Labute approximate surface area is 105 Å². The standard InChI is InChI=1S/C11H26N2O3Si/c1-11(2,3)17(6,7)16-8-9(12)10(14)13(4)15-5/h9H,8,12H2,1-7H3/t9-/m1/s1. The normalized spacial score (nSPS) is 14.6. The summed E-state index contributed by atoms with van der Waals surface area (Å²) in [4.78, 5) is 16.4. The molecule has 0 aromatic rings. The third-order valence-corrected chi connectivity index (χ3v) is 7.83. The van der Waals surface area contributed by atoms with E-state index in [0.29, 0.717) is 0 Å². The van der Waals surface area contributed by atoms with Crippen LogP contribution in [0.15, 0.2) is 0 Å². The molecule has 0 heterocycles. The molecule has 17 heavy (non-hydrogen) atoms. The van der Waals surface area contributed by atoms with E-state index >= 15 is 0 Å². The monoisotopic (exact) mass is 262 g/mol. The van der Waals surface area contributed by atoms with Crippen LogP contribution in [0.4, 0.5) is 0 Å². The Morgan fingerprint density at radius 2 is 1.88 bits per heavy atom. The molecular formula is C11H26N2O3Si. The van der Waals surface area contributed by atoms with E-state index in [9.17, 15) is 4.79 Å². The maximum absolute atomic E-state index is 11.7. The minimum atomic E-state index is -1.85. The van der Waals surface area contributed by atoms with Crippen LogP contribution in [0.5, 0.6) is 0 Å². The maximum Gasteiger partial charge on any atom is 0.265 e. The van der Waals surface area contributed by atoms with E-state index in [-0.39, 0.29) is 17.6 Å². The number of carbonyl (C=O) groups excluding carboxylic acids is 1. The molecule has 0 aliphatic rings. The lowest BCUT2D eigenvalue weighted by Gasteiger charge is -2.36. The Hall–Kier alpha value is -0.433. The van der Waals surface area contributed by atoms with Crippen molar-refractivity contribution >= 4 is 14.2 Å². The molecule has 0 saturated heterocycles. The molecule has 1 atom stereocenters. The van der Waals surface area contributed by atoms with Gasteiger partial charge in [-0.25, -0.2) is 5.06 Å². The first-order chi connectivity index (χ1) is 7.53. The van der Waals surface area contributed by atoms with Crippen LogP contribution in [-0.2, 0) is 14.1 Å². The Balaban J connectivity index is 4.35. The number of carbonyl (C=O) groups is 1. The van der Waals surface area contributed by atoms with Crippen molar-refractivity contribution < 1.29 is 14.1 Å². The van der Waals surface area contributed by atoms with E-state index in [1.165, 1.54) is 14.2 Å². The van der Waals surface area contributed by atoms with Gasteiger partial charge in [-0.1, -0.05) is 20.8 Å². The number of hydrogen-bond donors (Lipinski definition) is 1. The highest BCUT2D eigenvalue weighted by Gasteiger charge is 2.38. The van der Waals surface area contributed by atoms with Crippen LogP contribution in [0.25, 0.3) is 0 Å². The van der Waals surface area contributed by atoms with Gasteiger partial charge in [0, 0.05) is 7.05 Å². The molecule has 0 unspecified atom stereocenters. The zero-order chi connectivity index (χ0) is 13.9. The third kappa shape index (κ3) is 4.75. The van der Waals surface area contributed by atoms with Gasteiger partial charge in [-0.3, -0.25) is 9.63 Å². The highest BCUT2D eigenvalue weighted by molar-refractivity contribution is 6.74. The fourth-order valence-corrected chi connectivity index (χ4v) is 1.94. The van der Waals surface area contributed by atoms with Crippen LogP contribution < -0.4 is 5.73 Å². The molecule has 0 fully saturated rings. The largest absolute Gasteiger partial charge is 0.415 e. The molecule has 102 valence electrons. The molecule has 0 saturated carbocycles. The van der Waals surface area contributed by atoms with Crippen molar-refractivity contribution in [2.45, 2.75) is 44.9 Å². The molecule has 2 N–H and O–H groups in total. The quantitative estimate of drug-likeness (QED) is 0.600. The second-order valence-corrected chi connectivity index (χ2v) is 10.5. The Morgan fingerprint density at radius 3 is 2.24 bits per heavy atom. The summed E-state index contributed by atoms with van der Waals surface area (Å²) in [6, 6.07) is -0.672. The van der Waals surface area contributed by atoms with Gasteiger partial charge in [-0.05, 0) is 18.1 Å². The maximum atomic E-state index is 11.7. The van der Waals surface area contributed by atoms with E-state index in [2.05, 4.69) is 33.9 Å². The second-order valence-electron chi connectivity index (χ2n) is 5.70. The summed E-state index contributed by atoms with van der Waals surface area (Å²) in [5, 5.41) is 1.24. The lowest BCUT2D eigenvalue weighted by atomic mass is 10.2. The molecule has 5 nitrogen and oxygen atoms in total. The van der Waals surface area contributed by atoms with Gasteiger partial charge in [0.1, 0.15) is 6.04 Å². The molecule has 0 radical (unpaired) electrons. The Kier molecular flexibility index (Phi) is 5.80. The topological polar surface area (TPSA) is 64.8 Å². The zero-order valence-corrected chi connectivity index (χ0v) is 13.0. The van der Waals surface area contributed by atoms with Gasteiger partial charge < -0.3 is 10.2 Å². The number of nitrogens with zero attached hydrogens (tertiary/aromatic N) is 1. The van der Waals surface area contributed by atoms with Crippen molar-refractivity contribution in [3.05, 3.63) is 0 Å². The van der Waals surface area contributed by atoms with Crippen LogP contribution in [0.1, 0.15) is 20.8 Å². The molecule has 0 aromatic carbocycles. The lowest BCUT2D eigenvalue weighted by Crippen LogP contribution is -2.49. The van der Waals surface area contributed by atoms with Gasteiger partial charge in [0.05, 0.1) is 13.7 Å². The first-order valence-electron chi connectivity index (χ1n) is 5.74. The lowest BCUT2D eigenvalue weighted by molar-refractivity contribution is -0.170. The van der Waals surface area contributed by atoms with E-state index in [1.54, 1.807) is 0 Å². The van der Waals surface area contributed by atoms with Crippen molar-refractivity contribution in [1.29, 1.82) is 0 Å². The molecule has 0 aliphatic heterocycles. The summed E-state index contributed by atoms with van der Waals surface area (Å²) >= 11 is 0. The average molecular weight is 262 g/mol. The Morgan fingerprint density at radius 1 is 1.41 bits per heavy atom. The first kappa shape index (κ1) is 16.6. The van der Waals surface area contributed by atoms with Crippen LogP contribution in [0.2, 0.25) is 18.1 Å².